The van der Waals surface area contributed by atoms with E-state index in [9.17, 15) is 9.18 Å². The van der Waals surface area contributed by atoms with Gasteiger partial charge >= 0.3 is 6.72 Å². The third-order valence-electron chi connectivity index (χ3n) is 3.33. The van der Waals surface area contributed by atoms with Crippen molar-refractivity contribution in [2.75, 3.05) is 12.3 Å². The Kier molecular flexibility index (Phi) is 4.47. The van der Waals surface area contributed by atoms with Crippen LogP contribution in [0.1, 0.15) is 11.8 Å². The predicted octanol–water partition coefficient (Wildman–Crippen LogP) is 0.270. The van der Waals surface area contributed by atoms with Crippen LogP contribution in [0.15, 0.2) is 11.1 Å². The number of halogens is 1. The first-order valence-corrected chi connectivity index (χ1v) is 10.0. The van der Waals surface area contributed by atoms with Crippen molar-refractivity contribution in [3.05, 3.63) is 16.7 Å². The maximum atomic E-state index is 14.1. The normalized spacial score (nSPS) is 25.3. The topological polar surface area (TPSA) is 139 Å². The zero-order valence-corrected chi connectivity index (χ0v) is 14.0. The van der Waals surface area contributed by atoms with E-state index in [1.807, 2.05) is 0 Å². The number of fused-ring (bicyclic) bond motifs is 1. The van der Waals surface area contributed by atoms with Gasteiger partial charge in [0.15, 0.2) is 11.2 Å². The highest BCUT2D eigenvalue weighted by Crippen LogP contribution is 2.46. The molecule has 0 radical (unpaired) electrons. The van der Waals surface area contributed by atoms with E-state index in [4.69, 9.17) is 20.0 Å². The molecule has 1 aliphatic heterocycles. The highest BCUT2D eigenvalue weighted by molar-refractivity contribution is 8.06. The first-order valence-electron chi connectivity index (χ1n) is 6.46. The van der Waals surface area contributed by atoms with Crippen molar-refractivity contribution in [1.29, 1.82) is 0 Å². The zero-order valence-electron chi connectivity index (χ0n) is 11.5. The molecule has 0 saturated carbocycles. The van der Waals surface area contributed by atoms with Crippen LogP contribution in [0.2, 0.25) is 0 Å². The van der Waals surface area contributed by atoms with E-state index >= 15 is 0 Å². The smallest absolute Gasteiger partial charge is 0.321 e. The minimum Gasteiger partial charge on any atom is -0.369 e. The lowest BCUT2D eigenvalue weighted by molar-refractivity contribution is 0.214. The lowest BCUT2D eigenvalue weighted by Gasteiger charge is -2.15. The van der Waals surface area contributed by atoms with E-state index in [0.29, 0.717) is 0 Å². The van der Waals surface area contributed by atoms with E-state index in [1.165, 1.54) is 18.1 Å². The average molecular weight is 381 g/mol. The molecule has 0 aliphatic carbocycles. The highest BCUT2D eigenvalue weighted by Gasteiger charge is 2.38. The van der Waals surface area contributed by atoms with Crippen molar-refractivity contribution in [2.45, 2.75) is 23.2 Å². The van der Waals surface area contributed by atoms with E-state index < -0.39 is 23.7 Å². The quantitative estimate of drug-likeness (QED) is 0.549. The Labute approximate surface area is 138 Å². The Morgan fingerprint density at radius 2 is 2.39 bits per heavy atom. The number of hydrogen-bond acceptors (Lipinski definition) is 7. The minimum absolute atomic E-state index is 0.0508. The molecule has 0 unspecified atom stereocenters. The number of thioether (sulfide) groups is 1. The van der Waals surface area contributed by atoms with Gasteiger partial charge in [0.2, 0.25) is 5.95 Å². The number of nitrogens with two attached hydrogens (primary N) is 1. The van der Waals surface area contributed by atoms with E-state index in [2.05, 4.69) is 26.8 Å². The van der Waals surface area contributed by atoms with Crippen molar-refractivity contribution < 1.29 is 18.7 Å². The second-order valence-electron chi connectivity index (χ2n) is 4.94. The van der Waals surface area contributed by atoms with Crippen molar-refractivity contribution in [3.63, 3.8) is 0 Å². The summed E-state index contributed by atoms with van der Waals surface area (Å²) >= 11 is 5.57. The third-order valence-corrected chi connectivity index (χ3v) is 5.65. The maximum Gasteiger partial charge on any atom is 0.321 e. The number of hydrogen-bond donors (Lipinski definition) is 4. The minimum atomic E-state index is -3.82. The largest absolute Gasteiger partial charge is 0.369 e. The number of imidazole rings is 1. The van der Waals surface area contributed by atoms with Crippen LogP contribution in [0.25, 0.3) is 11.2 Å². The Balaban J connectivity index is 1.84. The summed E-state index contributed by atoms with van der Waals surface area (Å²) in [6.45, 7) is -4.03. The van der Waals surface area contributed by atoms with E-state index in [-0.39, 0.29) is 35.5 Å². The van der Waals surface area contributed by atoms with Crippen molar-refractivity contribution in [1.82, 2.24) is 19.5 Å². The van der Waals surface area contributed by atoms with Crippen molar-refractivity contribution >= 4 is 47.4 Å². The number of alkyl halides is 1. The van der Waals surface area contributed by atoms with Crippen LogP contribution in [0.3, 0.4) is 0 Å². The van der Waals surface area contributed by atoms with Gasteiger partial charge in [0.1, 0.15) is 6.17 Å². The van der Waals surface area contributed by atoms with Gasteiger partial charge in [0, 0.05) is 6.42 Å². The standard InChI is InChI=1S/C10H13FN5O4PS2/c11-4-1-6(23-5(4)2-20-21(18,19)22)16-3-13-7-8(16)14-10(12)15-9(7)17/h3-6H,1-2H2,(H2,18,19,22)(H3,12,14,15,17)/t4-,5-,6-/m1/s1. The molecule has 126 valence electrons. The summed E-state index contributed by atoms with van der Waals surface area (Å²) in [5, 5.41) is -0.981. The number of nitrogens with zero attached hydrogens (tertiary/aromatic N) is 3. The number of anilines is 1. The van der Waals surface area contributed by atoms with Crippen LogP contribution in [-0.2, 0) is 16.3 Å². The SMILES string of the molecule is Nc1nc2c(ncn2[C@H]2C[C@@H](F)[C@@H](COP(O)(O)=S)S2)c(=O)[nH]1. The fourth-order valence-corrected chi connectivity index (χ4v) is 4.38. The number of nitrogen functional groups attached to an aromatic ring is 1. The van der Waals surface area contributed by atoms with E-state index in [1.54, 1.807) is 4.57 Å². The lowest BCUT2D eigenvalue weighted by atomic mass is 10.2. The predicted molar refractivity (Wildman–Crippen MR) is 87.2 cm³/mol. The van der Waals surface area contributed by atoms with Crippen molar-refractivity contribution in [3.8, 4) is 0 Å². The summed E-state index contributed by atoms with van der Waals surface area (Å²) in [6, 6.07) is 0. The number of nitrogens with one attached hydrogen (secondary N) is 1. The summed E-state index contributed by atoms with van der Waals surface area (Å²) in [7, 11) is 0. The Morgan fingerprint density at radius 3 is 3.09 bits per heavy atom. The molecule has 23 heavy (non-hydrogen) atoms. The van der Waals surface area contributed by atoms with E-state index in [0.717, 1.165) is 0 Å². The molecular formula is C10H13FN5O4PS2. The van der Waals surface area contributed by atoms with Gasteiger partial charge in [-0.2, -0.15) is 4.98 Å². The molecule has 2 aromatic rings. The molecular weight excluding hydrogens is 368 g/mol. The van der Waals surface area contributed by atoms with Gasteiger partial charge in [-0.05, 0) is 11.8 Å². The summed E-state index contributed by atoms with van der Waals surface area (Å²) in [4.78, 5) is 40.3. The molecule has 0 aromatic carbocycles. The van der Waals surface area contributed by atoms with Gasteiger partial charge in [0.25, 0.3) is 5.56 Å². The summed E-state index contributed by atoms with van der Waals surface area (Å²) in [5.74, 6) is -0.0508. The van der Waals surface area contributed by atoms with Crippen LogP contribution in [0.4, 0.5) is 10.3 Å². The maximum absolute atomic E-state index is 14.1. The van der Waals surface area contributed by atoms with Crippen LogP contribution in [0.5, 0.6) is 0 Å². The molecule has 3 rings (SSSR count). The Hall–Kier alpha value is -1.04. The first kappa shape index (κ1) is 16.8. The Bertz CT molecular complexity index is 838. The second-order valence-corrected chi connectivity index (χ2v) is 9.03. The molecule has 0 spiro atoms. The fourth-order valence-electron chi connectivity index (χ4n) is 2.33. The number of rotatable bonds is 4. The van der Waals surface area contributed by atoms with Gasteiger partial charge in [-0.15, -0.1) is 11.8 Å². The molecule has 2 aromatic heterocycles. The highest BCUT2D eigenvalue weighted by atomic mass is 32.5. The number of aromatic nitrogens is 4. The molecule has 1 saturated heterocycles. The summed E-state index contributed by atoms with van der Waals surface area (Å²) in [5.41, 5.74) is 5.46. The summed E-state index contributed by atoms with van der Waals surface area (Å²) in [6.07, 6.45) is 0.309. The van der Waals surface area contributed by atoms with Gasteiger partial charge in [0.05, 0.1) is 23.6 Å². The van der Waals surface area contributed by atoms with Gasteiger partial charge in [-0.25, -0.2) is 9.37 Å². The molecule has 3 atom stereocenters. The first-order chi connectivity index (χ1) is 10.7. The molecule has 9 nitrogen and oxygen atoms in total. The number of H-pyrrole nitrogens is 1. The molecule has 1 aliphatic rings. The Morgan fingerprint density at radius 1 is 1.65 bits per heavy atom. The van der Waals surface area contributed by atoms with Crippen LogP contribution in [0, 0.1) is 0 Å². The molecule has 0 bridgehead atoms. The monoisotopic (exact) mass is 381 g/mol. The molecule has 5 N–H and O–H groups in total. The van der Waals surface area contributed by atoms with Crippen LogP contribution < -0.4 is 11.3 Å². The summed E-state index contributed by atoms with van der Waals surface area (Å²) < 4.78 is 20.4. The van der Waals surface area contributed by atoms with Crippen LogP contribution in [-0.4, -0.2) is 47.3 Å². The molecule has 0 amide bonds. The lowest BCUT2D eigenvalue weighted by Crippen LogP contribution is -2.18. The molecule has 1 fully saturated rings. The van der Waals surface area contributed by atoms with Gasteiger partial charge in [-0.3, -0.25) is 9.78 Å². The zero-order chi connectivity index (χ0) is 16.8. The third kappa shape index (κ3) is 3.57. The van der Waals surface area contributed by atoms with Crippen molar-refractivity contribution in [2.24, 2.45) is 0 Å². The average Bonchev–Trinajstić information content (AvgIpc) is 2.99. The second kappa shape index (κ2) is 6.11. The van der Waals surface area contributed by atoms with Gasteiger partial charge in [-0.1, -0.05) is 0 Å². The fraction of sp³-hybridized carbons (Fsp3) is 0.500. The van der Waals surface area contributed by atoms with Gasteiger partial charge < -0.3 is 24.6 Å². The number of aromatic amines is 1. The van der Waals surface area contributed by atoms with Crippen LogP contribution >= 0.6 is 18.5 Å². The molecule has 13 heteroatoms. The molecule has 3 heterocycles.